The second-order valence-electron chi connectivity index (χ2n) is 3.73. The second-order valence-corrected chi connectivity index (χ2v) is 3.73. The molecule has 2 N–H and O–H groups in total. The number of carbonyl (C=O) groups excluding carboxylic acids is 1. The van der Waals surface area contributed by atoms with E-state index >= 15 is 0 Å². The van der Waals surface area contributed by atoms with E-state index in [1.54, 1.807) is 0 Å². The average molecular weight is 258 g/mol. The quantitative estimate of drug-likeness (QED) is 0.828. The molecule has 0 atom stereocenters. The van der Waals surface area contributed by atoms with Crippen LogP contribution >= 0.6 is 0 Å². The molecule has 0 aliphatic rings. The van der Waals surface area contributed by atoms with Crippen LogP contribution in [0.15, 0.2) is 18.2 Å². The summed E-state index contributed by atoms with van der Waals surface area (Å²) in [6.45, 7) is 1.24. The summed E-state index contributed by atoms with van der Waals surface area (Å²) in [5, 5.41) is 0. The van der Waals surface area contributed by atoms with Crippen LogP contribution in [0, 0.1) is 11.6 Å². The highest BCUT2D eigenvalue weighted by molar-refractivity contribution is 5.94. The van der Waals surface area contributed by atoms with Crippen LogP contribution < -0.4 is 5.73 Å². The van der Waals surface area contributed by atoms with Gasteiger partial charge in [-0.15, -0.1) is 0 Å². The molecule has 0 aliphatic carbocycles. The molecule has 6 heteroatoms. The summed E-state index contributed by atoms with van der Waals surface area (Å²) in [6.07, 6.45) is 0. The third kappa shape index (κ3) is 4.05. The van der Waals surface area contributed by atoms with E-state index in [9.17, 15) is 13.6 Å². The van der Waals surface area contributed by atoms with Crippen LogP contribution in [0.25, 0.3) is 0 Å². The molecule has 1 rings (SSSR count). The summed E-state index contributed by atoms with van der Waals surface area (Å²) in [4.78, 5) is 13.4. The first-order valence-electron chi connectivity index (χ1n) is 5.53. The van der Waals surface area contributed by atoms with Crippen LogP contribution in [-0.2, 0) is 4.74 Å². The van der Waals surface area contributed by atoms with E-state index < -0.39 is 17.5 Å². The van der Waals surface area contributed by atoms with Gasteiger partial charge in [0, 0.05) is 38.4 Å². The van der Waals surface area contributed by atoms with Crippen LogP contribution in [0.4, 0.5) is 8.78 Å². The summed E-state index contributed by atoms with van der Waals surface area (Å²) in [5.74, 6) is -2.02. The maximum Gasteiger partial charge on any atom is 0.254 e. The molecule has 1 aromatic rings. The van der Waals surface area contributed by atoms with Crippen LogP contribution in [0.3, 0.4) is 0 Å². The van der Waals surface area contributed by atoms with Crippen molar-refractivity contribution in [3.8, 4) is 0 Å². The number of hydrogen-bond donors (Lipinski definition) is 1. The monoisotopic (exact) mass is 258 g/mol. The third-order valence-corrected chi connectivity index (χ3v) is 2.36. The number of amides is 1. The van der Waals surface area contributed by atoms with Crippen molar-refractivity contribution in [2.24, 2.45) is 5.73 Å². The Balaban J connectivity index is 2.86. The van der Waals surface area contributed by atoms with Crippen LogP contribution in [-0.4, -0.2) is 44.2 Å². The average Bonchev–Trinajstić information content (AvgIpc) is 2.32. The van der Waals surface area contributed by atoms with Crippen LogP contribution in [0.2, 0.25) is 0 Å². The normalized spacial score (nSPS) is 10.4. The highest BCUT2D eigenvalue weighted by atomic mass is 19.1. The number of hydrogen-bond acceptors (Lipinski definition) is 3. The van der Waals surface area contributed by atoms with Gasteiger partial charge in [-0.25, -0.2) is 8.78 Å². The first-order valence-corrected chi connectivity index (χ1v) is 5.53. The number of halogens is 2. The van der Waals surface area contributed by atoms with Gasteiger partial charge in [-0.1, -0.05) is 0 Å². The van der Waals surface area contributed by atoms with Gasteiger partial charge >= 0.3 is 0 Å². The van der Waals surface area contributed by atoms with Crippen LogP contribution in [0.5, 0.6) is 0 Å². The first-order chi connectivity index (χ1) is 8.58. The number of benzene rings is 1. The van der Waals surface area contributed by atoms with Gasteiger partial charge in [0.1, 0.15) is 11.6 Å². The molecule has 0 bridgehead atoms. The van der Waals surface area contributed by atoms with Crippen molar-refractivity contribution in [2.75, 3.05) is 33.4 Å². The topological polar surface area (TPSA) is 55.6 Å². The molecule has 0 saturated carbocycles. The third-order valence-electron chi connectivity index (χ3n) is 2.36. The Hall–Kier alpha value is -1.53. The minimum atomic E-state index is -0.780. The van der Waals surface area contributed by atoms with Crippen molar-refractivity contribution in [3.63, 3.8) is 0 Å². The second kappa shape index (κ2) is 7.03. The van der Waals surface area contributed by atoms with Gasteiger partial charge in [0.2, 0.25) is 0 Å². The number of nitrogens with two attached hydrogens (primary N) is 1. The summed E-state index contributed by atoms with van der Waals surface area (Å²) >= 11 is 0. The Morgan fingerprint density at radius 1 is 1.28 bits per heavy atom. The lowest BCUT2D eigenvalue weighted by atomic mass is 10.2. The predicted molar refractivity (Wildman–Crippen MR) is 63.2 cm³/mol. The summed E-state index contributed by atoms with van der Waals surface area (Å²) in [5.41, 5.74) is 5.36. The Morgan fingerprint density at radius 2 is 1.89 bits per heavy atom. The minimum Gasteiger partial charge on any atom is -0.383 e. The van der Waals surface area contributed by atoms with E-state index in [0.29, 0.717) is 19.7 Å². The number of ether oxygens (including phenoxy) is 1. The lowest BCUT2D eigenvalue weighted by molar-refractivity contribution is 0.0700. The number of rotatable bonds is 6. The van der Waals surface area contributed by atoms with Crippen molar-refractivity contribution < 1.29 is 18.3 Å². The number of nitrogens with zero attached hydrogens (tertiary/aromatic N) is 1. The molecule has 0 fully saturated rings. The first kappa shape index (κ1) is 14.5. The SMILES string of the molecule is COCCN(CCN)C(=O)c1cc(F)cc(F)c1. The molecule has 4 nitrogen and oxygen atoms in total. The zero-order valence-corrected chi connectivity index (χ0v) is 10.2. The molecule has 1 amide bonds. The van der Waals surface area contributed by atoms with Crippen molar-refractivity contribution >= 4 is 5.91 Å². The minimum absolute atomic E-state index is 0.0305. The summed E-state index contributed by atoms with van der Waals surface area (Å²) in [7, 11) is 1.51. The van der Waals surface area contributed by atoms with E-state index in [-0.39, 0.29) is 12.1 Å². The van der Waals surface area contributed by atoms with Gasteiger partial charge in [-0.2, -0.15) is 0 Å². The maximum atomic E-state index is 13.0. The highest BCUT2D eigenvalue weighted by Gasteiger charge is 2.16. The molecule has 0 unspecified atom stereocenters. The van der Waals surface area contributed by atoms with Crippen molar-refractivity contribution in [3.05, 3.63) is 35.4 Å². The van der Waals surface area contributed by atoms with Gasteiger partial charge in [0.05, 0.1) is 6.61 Å². The van der Waals surface area contributed by atoms with Gasteiger partial charge in [0.15, 0.2) is 0 Å². The van der Waals surface area contributed by atoms with Crippen molar-refractivity contribution in [1.29, 1.82) is 0 Å². The molecular formula is C12H16F2N2O2. The molecule has 0 heterocycles. The van der Waals surface area contributed by atoms with Crippen molar-refractivity contribution in [2.45, 2.75) is 0 Å². The van der Waals surface area contributed by atoms with E-state index in [4.69, 9.17) is 10.5 Å². The molecule has 0 radical (unpaired) electrons. The van der Waals surface area contributed by atoms with E-state index in [2.05, 4.69) is 0 Å². The largest absolute Gasteiger partial charge is 0.383 e. The molecule has 100 valence electrons. The Bertz CT molecular complexity index is 393. The van der Waals surface area contributed by atoms with Gasteiger partial charge in [-0.3, -0.25) is 4.79 Å². The zero-order chi connectivity index (χ0) is 13.5. The van der Waals surface area contributed by atoms with Crippen molar-refractivity contribution in [1.82, 2.24) is 4.90 Å². The molecule has 0 aromatic heterocycles. The van der Waals surface area contributed by atoms with Gasteiger partial charge < -0.3 is 15.4 Å². The molecular weight excluding hydrogens is 242 g/mol. The fourth-order valence-corrected chi connectivity index (χ4v) is 1.53. The van der Waals surface area contributed by atoms with E-state index in [1.165, 1.54) is 12.0 Å². The molecule has 18 heavy (non-hydrogen) atoms. The number of methoxy groups -OCH3 is 1. The number of carbonyl (C=O) groups is 1. The zero-order valence-electron chi connectivity index (χ0n) is 10.2. The molecule has 0 saturated heterocycles. The molecule has 0 spiro atoms. The van der Waals surface area contributed by atoms with Gasteiger partial charge in [0.25, 0.3) is 5.91 Å². The molecule has 1 aromatic carbocycles. The lowest BCUT2D eigenvalue weighted by Gasteiger charge is -2.21. The summed E-state index contributed by atoms with van der Waals surface area (Å²) in [6, 6.07) is 2.72. The molecule has 0 aliphatic heterocycles. The Kier molecular flexibility index (Phi) is 5.67. The van der Waals surface area contributed by atoms with Crippen LogP contribution in [0.1, 0.15) is 10.4 Å². The van der Waals surface area contributed by atoms with E-state index in [1.807, 2.05) is 0 Å². The lowest BCUT2D eigenvalue weighted by Crippen LogP contribution is -2.37. The smallest absolute Gasteiger partial charge is 0.254 e. The fraction of sp³-hybridized carbons (Fsp3) is 0.417. The Morgan fingerprint density at radius 3 is 2.39 bits per heavy atom. The maximum absolute atomic E-state index is 13.0. The summed E-state index contributed by atoms with van der Waals surface area (Å²) < 4.78 is 30.9. The predicted octanol–water partition coefficient (Wildman–Crippen LogP) is 1.01. The standard InChI is InChI=1S/C12H16F2N2O2/c1-18-5-4-16(3-2-15)12(17)9-6-10(13)8-11(14)7-9/h6-8H,2-5,15H2,1H3. The Labute approximate surface area is 104 Å². The van der Waals surface area contributed by atoms with E-state index in [0.717, 1.165) is 18.2 Å². The highest BCUT2D eigenvalue weighted by Crippen LogP contribution is 2.10. The van der Waals surface area contributed by atoms with Gasteiger partial charge in [-0.05, 0) is 12.1 Å². The fourth-order valence-electron chi connectivity index (χ4n) is 1.53.